The maximum atomic E-state index is 12.1. The molecule has 0 saturated heterocycles. The minimum atomic E-state index is -5.08. The molecule has 4 saturated carbocycles. The van der Waals surface area contributed by atoms with Crippen LogP contribution in [0.15, 0.2) is 122 Å². The van der Waals surface area contributed by atoms with E-state index < -0.39 is 23.3 Å². The van der Waals surface area contributed by atoms with Crippen LogP contribution in [0.25, 0.3) is 81.2 Å². The molecule has 0 spiro atoms. The first kappa shape index (κ1) is 86.7. The van der Waals surface area contributed by atoms with Gasteiger partial charge in [-0.1, -0.05) is 126 Å². The lowest BCUT2D eigenvalue weighted by Crippen LogP contribution is -2.42. The maximum Gasteiger partial charge on any atom is 0.490 e. The lowest BCUT2D eigenvalue weighted by molar-refractivity contribution is -0.192. The first-order valence-corrected chi connectivity index (χ1v) is 41.0. The van der Waals surface area contributed by atoms with Crippen LogP contribution in [0.4, 0.5) is 35.4 Å². The summed E-state index contributed by atoms with van der Waals surface area (Å²) in [6.07, 6.45) is 20.6. The van der Waals surface area contributed by atoms with Crippen molar-refractivity contribution in [3.05, 3.63) is 128 Å². The number of nitrogens with two attached hydrogens (primary N) is 2. The van der Waals surface area contributed by atoms with Crippen LogP contribution in [0.2, 0.25) is 5.15 Å². The van der Waals surface area contributed by atoms with Gasteiger partial charge in [-0.15, -0.1) is 45.3 Å². The summed E-state index contributed by atoms with van der Waals surface area (Å²) in [6.45, 7) is 16.0. The number of carboxylic acid groups (broad SMARTS) is 1. The highest BCUT2D eigenvalue weighted by atomic mass is 35.5. The molecule has 12 aromatic rings. The summed E-state index contributed by atoms with van der Waals surface area (Å²) in [7, 11) is 0. The highest BCUT2D eigenvalue weighted by molar-refractivity contribution is 7.26. The Balaban J connectivity index is 0.000000172. The predicted molar refractivity (Wildman–Crippen MR) is 456 cm³/mol. The second-order valence-electron chi connectivity index (χ2n) is 29.7. The minimum absolute atomic E-state index is 0. The second kappa shape index (κ2) is 40.9. The summed E-state index contributed by atoms with van der Waals surface area (Å²) in [6, 6.07) is 35.8. The number of ether oxygens (including phenoxy) is 2. The molecular formula is C83H108ClF3N14O6S4. The van der Waals surface area contributed by atoms with Gasteiger partial charge < -0.3 is 47.3 Å². The molecule has 4 aliphatic carbocycles. The smallest absolute Gasteiger partial charge is 0.475 e. The van der Waals surface area contributed by atoms with Crippen molar-refractivity contribution in [3.63, 3.8) is 0 Å². The Labute approximate surface area is 671 Å². The van der Waals surface area contributed by atoms with Gasteiger partial charge in [-0.2, -0.15) is 13.2 Å². The summed E-state index contributed by atoms with van der Waals surface area (Å²) in [5, 5.41) is 30.8. The fraction of sp³-hybridized carbons (Fsp3) is 0.482. The zero-order valence-electron chi connectivity index (χ0n) is 64.0. The highest BCUT2D eigenvalue weighted by Crippen LogP contribution is 2.42. The molecule has 8 heterocycles. The largest absolute Gasteiger partial charge is 0.490 e. The van der Waals surface area contributed by atoms with Crippen molar-refractivity contribution in [1.82, 2.24) is 45.2 Å². The fourth-order valence-electron chi connectivity index (χ4n) is 13.9. The van der Waals surface area contributed by atoms with Crippen molar-refractivity contribution in [2.45, 2.75) is 246 Å². The van der Waals surface area contributed by atoms with Crippen LogP contribution in [0.3, 0.4) is 0 Å². The van der Waals surface area contributed by atoms with E-state index in [2.05, 4.69) is 147 Å². The first-order chi connectivity index (χ1) is 52.6. The van der Waals surface area contributed by atoms with Crippen molar-refractivity contribution >= 4 is 174 Å². The summed E-state index contributed by atoms with van der Waals surface area (Å²) >= 11 is 12.9. The van der Waals surface area contributed by atoms with Gasteiger partial charge in [-0.3, -0.25) is 4.79 Å². The molecule has 1 amide bonds. The third-order valence-corrected chi connectivity index (χ3v) is 23.9. The van der Waals surface area contributed by atoms with Gasteiger partial charge in [0.15, 0.2) is 0 Å². The van der Waals surface area contributed by atoms with E-state index in [-0.39, 0.29) is 33.0 Å². The van der Waals surface area contributed by atoms with Crippen LogP contribution < -0.4 is 32.7 Å². The SMILES string of the molecule is C.C.CC(C)(C)OC(=O)CC1CCC(Nc2ncnc3sc4ccccc4c23)CC1.CC(C)(C)OC(=O)NC1CCC(N)CC1.CCC1CCC(Nc2ncnc3sc4ccccc4c23)CC1.Clc1ncnc2sc3ccccc3c12.NC1CCC(Nc2ncnc3sc4ccccc4c23)CC1.O=C(O)C(F)(F)F.[2H]CC. The average Bonchev–Trinajstić information content (AvgIpc) is 1.64. The number of nitrogens with one attached hydrogen (secondary N) is 4. The second-order valence-corrected chi connectivity index (χ2v) is 34.2. The zero-order valence-corrected chi connectivity index (χ0v) is 67.0. The number of carbonyl (C=O) groups excluding carboxylic acids is 2. The molecule has 28 heteroatoms. The molecule has 0 bridgehead atoms. The number of aliphatic carboxylic acids is 1. The van der Waals surface area contributed by atoms with Crippen LogP contribution in [0.1, 0.15) is 194 Å². The van der Waals surface area contributed by atoms with Crippen LogP contribution in [0, 0.1) is 11.8 Å². The molecular weight excluding hydrogens is 1510 g/mol. The summed E-state index contributed by atoms with van der Waals surface area (Å²) in [5.41, 5.74) is 10.9. The number of alkyl halides is 3. The van der Waals surface area contributed by atoms with E-state index >= 15 is 0 Å². The summed E-state index contributed by atoms with van der Waals surface area (Å²) in [5.74, 6) is 1.42. The Morgan fingerprint density at radius 2 is 0.784 bits per heavy atom. The summed E-state index contributed by atoms with van der Waals surface area (Å²) in [4.78, 5) is 71.7. The number of hydrogen-bond donors (Lipinski definition) is 7. The number of anilines is 3. The summed E-state index contributed by atoms with van der Waals surface area (Å²) < 4.78 is 53.6. The Kier molecular flexibility index (Phi) is 32.0. The van der Waals surface area contributed by atoms with E-state index in [9.17, 15) is 22.8 Å². The predicted octanol–water partition coefficient (Wildman–Crippen LogP) is 22.5. The van der Waals surface area contributed by atoms with Crippen molar-refractivity contribution < 1.29 is 43.5 Å². The molecule has 8 aromatic heterocycles. The lowest BCUT2D eigenvalue weighted by Gasteiger charge is -2.30. The molecule has 16 rings (SSSR count). The molecule has 4 aromatic carbocycles. The van der Waals surface area contributed by atoms with E-state index in [1.54, 1.807) is 71.3 Å². The van der Waals surface area contributed by atoms with Gasteiger partial charge in [0.2, 0.25) is 0 Å². The lowest BCUT2D eigenvalue weighted by atomic mass is 9.84. The molecule has 0 radical (unpaired) electrons. The zero-order chi connectivity index (χ0) is 78.7. The monoisotopic (exact) mass is 1620 g/mol. The van der Waals surface area contributed by atoms with Gasteiger partial charge in [0, 0.05) is 84.4 Å². The van der Waals surface area contributed by atoms with E-state index in [1.807, 2.05) is 59.7 Å². The standard InChI is InChI=1S/C22H27N3O2S.C18H21N3S.C16H18N4S.C11H22N2O2.C10H5ClN2S.C2HF3O2.C2H6.2CH4/c1-22(2,3)27-18(26)12-14-8-10-15(11-9-14)25-20-19-16-6-4-5-7-17(16)28-21(19)24-13-23-20;1-2-12-7-9-13(10-8-12)21-17-16-14-5-3-4-6-15(14)22-18(16)20-11-19-17;17-10-5-7-11(8-6-10)20-15-14-12-3-1-2-4-13(12)21-16(14)19-9-18-15;1-11(2,3)15-10(14)13-9-6-4-8(12)5-7-9;11-9-8-6-3-1-2-4-7(6)14-10(8)13-5-12-9;3-2(4,5)1(6)7;1-2;;/h4-7,13-15H,8-12H2,1-3H3,(H,23,24,25);3-6,11-13H,2,7-10H2,1H3,(H,19,20,21);1-4,9-11H,5-8,17H2,(H,18,19,20);8-9H,4-7,12H2,1-3H3,(H,13,14);1-5H;(H,6,7);1-2H3;2*1H4/i;;;;;;1D;;. The Hall–Kier alpha value is -8.31. The number of carboxylic acids is 1. The van der Waals surface area contributed by atoms with Crippen LogP contribution in [-0.2, 0) is 19.1 Å². The Morgan fingerprint density at radius 3 is 1.12 bits per heavy atom. The number of hydrogen-bond acceptors (Lipinski definition) is 22. The number of amides is 1. The number of esters is 1. The molecule has 4 aliphatic rings. The Morgan fingerprint density at radius 1 is 0.486 bits per heavy atom. The van der Waals surface area contributed by atoms with Crippen molar-refractivity contribution in [3.8, 4) is 0 Å². The number of nitrogens with zero attached hydrogens (tertiary/aromatic N) is 8. The van der Waals surface area contributed by atoms with Gasteiger partial charge in [0.1, 0.15) is 78.4 Å². The van der Waals surface area contributed by atoms with Gasteiger partial charge in [0.25, 0.3) is 0 Å². The molecule has 0 unspecified atom stereocenters. The number of alkyl carbamates (subject to hydrolysis) is 1. The van der Waals surface area contributed by atoms with Crippen LogP contribution >= 0.6 is 56.9 Å². The molecule has 111 heavy (non-hydrogen) atoms. The van der Waals surface area contributed by atoms with E-state index in [4.69, 9.17) is 43.8 Å². The molecule has 4 fully saturated rings. The quantitative estimate of drug-likeness (QED) is 0.0494. The number of fused-ring (bicyclic) bond motifs is 12. The normalized spacial score (nSPS) is 19.8. The number of aromatic nitrogens is 8. The topological polar surface area (TPSA) is 293 Å². The van der Waals surface area contributed by atoms with Crippen LogP contribution in [0.5, 0.6) is 0 Å². The molecule has 0 atom stereocenters. The van der Waals surface area contributed by atoms with Crippen LogP contribution in [-0.4, -0.2) is 117 Å². The highest BCUT2D eigenvalue weighted by Gasteiger charge is 2.38. The van der Waals surface area contributed by atoms with Crippen molar-refractivity contribution in [1.29, 1.82) is 0 Å². The molecule has 0 aliphatic heterocycles. The fourth-order valence-corrected chi connectivity index (χ4v) is 18.4. The number of halogens is 4. The number of thiophene rings is 4. The Bertz CT molecular complexity index is 4980. The number of benzene rings is 4. The third-order valence-electron chi connectivity index (χ3n) is 19.3. The minimum Gasteiger partial charge on any atom is -0.475 e. The van der Waals surface area contributed by atoms with Crippen molar-refractivity contribution in [2.75, 3.05) is 16.0 Å². The first-order valence-electron chi connectivity index (χ1n) is 38.1. The van der Waals surface area contributed by atoms with Crippen molar-refractivity contribution in [2.24, 2.45) is 23.3 Å². The van der Waals surface area contributed by atoms with E-state index in [1.165, 1.54) is 78.8 Å². The molecule has 598 valence electrons. The van der Waals surface area contributed by atoms with Gasteiger partial charge >= 0.3 is 24.2 Å². The van der Waals surface area contributed by atoms with E-state index in [0.29, 0.717) is 54.6 Å². The number of rotatable bonds is 10. The van der Waals surface area contributed by atoms with Gasteiger partial charge in [0.05, 0.1) is 21.5 Å². The molecule has 9 N–H and O–H groups in total. The molecule has 20 nitrogen and oxygen atoms in total. The third kappa shape index (κ3) is 24.8. The number of carbonyl (C=O) groups is 3. The van der Waals surface area contributed by atoms with E-state index in [0.717, 1.165) is 141 Å². The average molecular weight is 1620 g/mol. The van der Waals surface area contributed by atoms with Gasteiger partial charge in [-0.05, 0) is 180 Å². The van der Waals surface area contributed by atoms with Gasteiger partial charge in [-0.25, -0.2) is 49.5 Å². The maximum absolute atomic E-state index is 12.1.